The van der Waals surface area contributed by atoms with Gasteiger partial charge in [0.1, 0.15) is 5.82 Å². The van der Waals surface area contributed by atoms with Crippen molar-refractivity contribution in [2.45, 2.75) is 19.5 Å². The highest BCUT2D eigenvalue weighted by atomic mass is 32.1. The molecule has 7 heteroatoms. The number of carbonyl (C=O) groups is 1. The summed E-state index contributed by atoms with van der Waals surface area (Å²) in [5.74, 6) is -0.265. The first-order valence-corrected chi connectivity index (χ1v) is 8.92. The molecule has 3 rings (SSSR count). The molecule has 128 valence electrons. The van der Waals surface area contributed by atoms with Crippen molar-refractivity contribution in [3.05, 3.63) is 47.2 Å². The number of halogens is 1. The molecule has 1 amide bonds. The van der Waals surface area contributed by atoms with Crippen LogP contribution in [-0.2, 0) is 11.3 Å². The largest absolute Gasteiger partial charge is 0.351 e. The molecular formula is C17H21FN4OS. The van der Waals surface area contributed by atoms with Crippen LogP contribution in [0.3, 0.4) is 0 Å². The summed E-state index contributed by atoms with van der Waals surface area (Å²) < 4.78 is 12.9. The molecule has 0 saturated carbocycles. The molecule has 2 heterocycles. The van der Waals surface area contributed by atoms with E-state index in [4.69, 9.17) is 0 Å². The normalized spacial score (nSPS) is 16.8. The molecule has 1 aliphatic heterocycles. The molecule has 1 aromatic heterocycles. The third-order valence-electron chi connectivity index (χ3n) is 4.31. The first-order valence-electron chi connectivity index (χ1n) is 8.04. The number of amides is 1. The number of piperazine rings is 1. The van der Waals surface area contributed by atoms with Crippen molar-refractivity contribution in [2.75, 3.05) is 31.1 Å². The molecule has 1 aliphatic rings. The SMILES string of the molecule is C[C@H](C(=O)NCc1ccc(F)cc1)N1CCN(c2nccs2)CC1. The van der Waals surface area contributed by atoms with Crippen LogP contribution in [0.15, 0.2) is 35.8 Å². The number of hydrogen-bond donors (Lipinski definition) is 1. The average molecular weight is 348 g/mol. The molecule has 0 unspecified atom stereocenters. The van der Waals surface area contributed by atoms with Gasteiger partial charge in [0.25, 0.3) is 0 Å². The summed E-state index contributed by atoms with van der Waals surface area (Å²) >= 11 is 1.64. The molecule has 5 nitrogen and oxygen atoms in total. The van der Waals surface area contributed by atoms with Gasteiger partial charge in [-0.25, -0.2) is 9.37 Å². The molecule has 0 bridgehead atoms. The van der Waals surface area contributed by atoms with Crippen LogP contribution in [0.5, 0.6) is 0 Å². The van der Waals surface area contributed by atoms with E-state index in [0.717, 1.165) is 36.9 Å². The maximum absolute atomic E-state index is 12.9. The van der Waals surface area contributed by atoms with Gasteiger partial charge in [-0.2, -0.15) is 0 Å². The first kappa shape index (κ1) is 16.9. The van der Waals surface area contributed by atoms with Crippen LogP contribution >= 0.6 is 11.3 Å². The molecule has 1 fully saturated rings. The van der Waals surface area contributed by atoms with Crippen molar-refractivity contribution in [2.24, 2.45) is 0 Å². The quantitative estimate of drug-likeness (QED) is 0.899. The lowest BCUT2D eigenvalue weighted by molar-refractivity contribution is -0.126. The molecular weight excluding hydrogens is 327 g/mol. The summed E-state index contributed by atoms with van der Waals surface area (Å²) in [6.07, 6.45) is 1.82. The number of anilines is 1. The molecule has 2 aromatic rings. The third kappa shape index (κ3) is 4.10. The van der Waals surface area contributed by atoms with Crippen LogP contribution in [0.4, 0.5) is 9.52 Å². The Kier molecular flexibility index (Phi) is 5.42. The minimum absolute atomic E-state index is 0.00187. The van der Waals surface area contributed by atoms with Crippen LogP contribution in [0.25, 0.3) is 0 Å². The Bertz CT molecular complexity index is 654. The van der Waals surface area contributed by atoms with Crippen molar-refractivity contribution < 1.29 is 9.18 Å². The van der Waals surface area contributed by atoms with Crippen molar-refractivity contribution >= 4 is 22.4 Å². The summed E-state index contributed by atoms with van der Waals surface area (Å²) in [5.41, 5.74) is 0.894. The zero-order valence-electron chi connectivity index (χ0n) is 13.6. The lowest BCUT2D eigenvalue weighted by Crippen LogP contribution is -2.53. The average Bonchev–Trinajstić information content (AvgIpc) is 3.15. The van der Waals surface area contributed by atoms with E-state index in [-0.39, 0.29) is 17.8 Å². The highest BCUT2D eigenvalue weighted by Gasteiger charge is 2.26. The van der Waals surface area contributed by atoms with Gasteiger partial charge in [-0.05, 0) is 24.6 Å². The highest BCUT2D eigenvalue weighted by Crippen LogP contribution is 2.19. The van der Waals surface area contributed by atoms with Crippen LogP contribution in [0.2, 0.25) is 0 Å². The molecule has 24 heavy (non-hydrogen) atoms. The third-order valence-corrected chi connectivity index (χ3v) is 5.14. The number of carbonyl (C=O) groups excluding carboxylic acids is 1. The number of nitrogens with zero attached hydrogens (tertiary/aromatic N) is 3. The lowest BCUT2D eigenvalue weighted by Gasteiger charge is -2.37. The Morgan fingerprint density at radius 3 is 2.62 bits per heavy atom. The van der Waals surface area contributed by atoms with Gasteiger partial charge in [-0.15, -0.1) is 11.3 Å². The summed E-state index contributed by atoms with van der Waals surface area (Å²) in [5, 5.41) is 5.95. The van der Waals surface area contributed by atoms with Gasteiger partial charge in [0, 0.05) is 44.3 Å². The minimum Gasteiger partial charge on any atom is -0.351 e. The summed E-state index contributed by atoms with van der Waals surface area (Å²) in [6.45, 7) is 5.78. The van der Waals surface area contributed by atoms with E-state index < -0.39 is 0 Å². The van der Waals surface area contributed by atoms with Crippen molar-refractivity contribution in [1.29, 1.82) is 0 Å². The number of benzene rings is 1. The zero-order valence-corrected chi connectivity index (χ0v) is 14.4. The van der Waals surface area contributed by atoms with Gasteiger partial charge in [-0.3, -0.25) is 9.69 Å². The topological polar surface area (TPSA) is 48.5 Å². The summed E-state index contributed by atoms with van der Waals surface area (Å²) in [6, 6.07) is 6.01. The zero-order chi connectivity index (χ0) is 16.9. The second kappa shape index (κ2) is 7.72. The Labute approximate surface area is 145 Å². The smallest absolute Gasteiger partial charge is 0.237 e. The second-order valence-electron chi connectivity index (χ2n) is 5.86. The monoisotopic (exact) mass is 348 g/mol. The number of nitrogens with one attached hydrogen (secondary N) is 1. The summed E-state index contributed by atoms with van der Waals surface area (Å²) in [7, 11) is 0. The molecule has 1 N–H and O–H groups in total. The van der Waals surface area contributed by atoms with E-state index in [0.29, 0.717) is 6.54 Å². The molecule has 0 radical (unpaired) electrons. The Balaban J connectivity index is 1.46. The number of aromatic nitrogens is 1. The molecule has 1 atom stereocenters. The van der Waals surface area contributed by atoms with E-state index >= 15 is 0 Å². The predicted molar refractivity (Wildman–Crippen MR) is 93.6 cm³/mol. The van der Waals surface area contributed by atoms with E-state index in [1.807, 2.05) is 18.5 Å². The van der Waals surface area contributed by atoms with Gasteiger partial charge < -0.3 is 10.2 Å². The fourth-order valence-corrected chi connectivity index (χ4v) is 3.47. The van der Waals surface area contributed by atoms with Crippen molar-refractivity contribution in [3.8, 4) is 0 Å². The molecule has 1 aromatic carbocycles. The van der Waals surface area contributed by atoms with Gasteiger partial charge in [-0.1, -0.05) is 12.1 Å². The van der Waals surface area contributed by atoms with Crippen molar-refractivity contribution in [1.82, 2.24) is 15.2 Å². The van der Waals surface area contributed by atoms with Crippen molar-refractivity contribution in [3.63, 3.8) is 0 Å². The highest BCUT2D eigenvalue weighted by molar-refractivity contribution is 7.13. The molecule has 1 saturated heterocycles. The van der Waals surface area contributed by atoms with Gasteiger partial charge in [0.05, 0.1) is 6.04 Å². The van der Waals surface area contributed by atoms with Gasteiger partial charge >= 0.3 is 0 Å². The Hall–Kier alpha value is -1.99. The van der Waals surface area contributed by atoms with Gasteiger partial charge in [0.2, 0.25) is 5.91 Å². The first-order chi connectivity index (χ1) is 11.6. The van der Waals surface area contributed by atoms with Crippen LogP contribution < -0.4 is 10.2 Å². The summed E-state index contributed by atoms with van der Waals surface area (Å²) in [4.78, 5) is 21.1. The number of hydrogen-bond acceptors (Lipinski definition) is 5. The van der Waals surface area contributed by atoms with E-state index in [1.165, 1.54) is 12.1 Å². The lowest BCUT2D eigenvalue weighted by atomic mass is 10.2. The maximum atomic E-state index is 12.9. The minimum atomic E-state index is -0.267. The van der Waals surface area contributed by atoms with Gasteiger partial charge in [0.15, 0.2) is 5.13 Å². The fourth-order valence-electron chi connectivity index (χ4n) is 2.78. The molecule has 0 spiro atoms. The standard InChI is InChI=1S/C17H21FN4OS/c1-13(16(23)20-12-14-2-4-15(18)5-3-14)21-7-9-22(10-8-21)17-19-6-11-24-17/h2-6,11,13H,7-10,12H2,1H3,(H,20,23)/t13-/m1/s1. The maximum Gasteiger partial charge on any atom is 0.237 e. The Morgan fingerprint density at radius 2 is 2.00 bits per heavy atom. The van der Waals surface area contributed by atoms with Crippen LogP contribution in [0.1, 0.15) is 12.5 Å². The molecule has 0 aliphatic carbocycles. The Morgan fingerprint density at radius 1 is 1.29 bits per heavy atom. The fraction of sp³-hybridized carbons (Fsp3) is 0.412. The predicted octanol–water partition coefficient (Wildman–Crippen LogP) is 2.11. The van der Waals surface area contributed by atoms with Crippen LogP contribution in [0, 0.1) is 5.82 Å². The second-order valence-corrected chi connectivity index (χ2v) is 6.73. The van der Waals surface area contributed by atoms with E-state index in [2.05, 4.69) is 20.1 Å². The van der Waals surface area contributed by atoms with E-state index in [9.17, 15) is 9.18 Å². The number of rotatable bonds is 5. The van der Waals surface area contributed by atoms with Crippen LogP contribution in [-0.4, -0.2) is 48.0 Å². The van der Waals surface area contributed by atoms with E-state index in [1.54, 1.807) is 23.5 Å². The number of thiazole rings is 1.